The SMILES string of the molecule is C=C(C(O)c1nccs1)S(=O)(=O)c1ccccc1. The predicted molar refractivity (Wildman–Crippen MR) is 69.8 cm³/mol. The van der Waals surface area contributed by atoms with Gasteiger partial charge in [-0.2, -0.15) is 0 Å². The van der Waals surface area contributed by atoms with Gasteiger partial charge in [0.1, 0.15) is 11.1 Å². The number of aliphatic hydroxyl groups excluding tert-OH is 1. The molecule has 2 rings (SSSR count). The van der Waals surface area contributed by atoms with Crippen molar-refractivity contribution in [2.45, 2.75) is 11.0 Å². The van der Waals surface area contributed by atoms with Crippen LogP contribution in [-0.4, -0.2) is 18.5 Å². The summed E-state index contributed by atoms with van der Waals surface area (Å²) >= 11 is 1.18. The summed E-state index contributed by atoms with van der Waals surface area (Å²) in [5, 5.41) is 11.9. The molecule has 0 radical (unpaired) electrons. The largest absolute Gasteiger partial charge is 0.380 e. The number of rotatable bonds is 4. The molecule has 0 aliphatic rings. The number of thiazole rings is 1. The van der Waals surface area contributed by atoms with Gasteiger partial charge in [0.05, 0.1) is 9.80 Å². The molecule has 0 saturated heterocycles. The predicted octanol–water partition coefficient (Wildman–Crippen LogP) is 2.16. The van der Waals surface area contributed by atoms with Crippen molar-refractivity contribution >= 4 is 21.2 Å². The number of hydrogen-bond donors (Lipinski definition) is 1. The minimum absolute atomic E-state index is 0.116. The Kier molecular flexibility index (Phi) is 3.60. The Bertz CT molecular complexity index is 633. The number of nitrogens with zero attached hydrogens (tertiary/aromatic N) is 1. The van der Waals surface area contributed by atoms with Crippen LogP contribution in [0.5, 0.6) is 0 Å². The molecule has 0 aliphatic carbocycles. The molecule has 4 nitrogen and oxygen atoms in total. The molecule has 2 aromatic rings. The average Bonchev–Trinajstić information content (AvgIpc) is 2.92. The van der Waals surface area contributed by atoms with Gasteiger partial charge in [0.15, 0.2) is 0 Å². The van der Waals surface area contributed by atoms with E-state index in [1.165, 1.54) is 29.7 Å². The lowest BCUT2D eigenvalue weighted by molar-refractivity contribution is 0.223. The molecule has 1 N–H and O–H groups in total. The highest BCUT2D eigenvalue weighted by Crippen LogP contribution is 2.29. The van der Waals surface area contributed by atoms with E-state index >= 15 is 0 Å². The molecule has 1 aromatic carbocycles. The van der Waals surface area contributed by atoms with Gasteiger partial charge in [0.25, 0.3) is 0 Å². The second-order valence-corrected chi connectivity index (χ2v) is 6.48. The van der Waals surface area contributed by atoms with Gasteiger partial charge in [-0.1, -0.05) is 24.8 Å². The maximum Gasteiger partial charge on any atom is 0.205 e. The Morgan fingerprint density at radius 2 is 2.00 bits per heavy atom. The van der Waals surface area contributed by atoms with Gasteiger partial charge in [0, 0.05) is 11.6 Å². The summed E-state index contributed by atoms with van der Waals surface area (Å²) in [6.45, 7) is 3.49. The number of benzene rings is 1. The van der Waals surface area contributed by atoms with E-state index in [1.54, 1.807) is 23.6 Å². The van der Waals surface area contributed by atoms with Gasteiger partial charge in [-0.3, -0.25) is 0 Å². The number of sulfone groups is 1. The van der Waals surface area contributed by atoms with Crippen LogP contribution in [0, 0.1) is 0 Å². The molecule has 1 aromatic heterocycles. The highest BCUT2D eigenvalue weighted by Gasteiger charge is 2.27. The fourth-order valence-corrected chi connectivity index (χ4v) is 3.36. The third-order valence-corrected chi connectivity index (χ3v) is 5.02. The summed E-state index contributed by atoms with van der Waals surface area (Å²) in [7, 11) is -3.74. The maximum atomic E-state index is 12.2. The molecule has 1 heterocycles. The van der Waals surface area contributed by atoms with Crippen molar-refractivity contribution in [2.75, 3.05) is 0 Å². The lowest BCUT2D eigenvalue weighted by Crippen LogP contribution is -2.11. The van der Waals surface area contributed by atoms with Gasteiger partial charge in [-0.15, -0.1) is 11.3 Å². The fraction of sp³-hybridized carbons (Fsp3) is 0.0833. The molecular formula is C12H11NO3S2. The van der Waals surface area contributed by atoms with Crippen LogP contribution in [0.2, 0.25) is 0 Å². The van der Waals surface area contributed by atoms with E-state index in [0.717, 1.165) is 0 Å². The number of hydrogen-bond acceptors (Lipinski definition) is 5. The van der Waals surface area contributed by atoms with Crippen LogP contribution in [0.15, 0.2) is 58.3 Å². The highest BCUT2D eigenvalue weighted by atomic mass is 32.2. The van der Waals surface area contributed by atoms with E-state index in [0.29, 0.717) is 5.01 Å². The maximum absolute atomic E-state index is 12.2. The molecule has 0 fully saturated rings. The Morgan fingerprint density at radius 3 is 2.56 bits per heavy atom. The Balaban J connectivity index is 2.35. The summed E-state index contributed by atoms with van der Waals surface area (Å²) in [5.74, 6) is 0. The summed E-state index contributed by atoms with van der Waals surface area (Å²) in [6.07, 6.45) is 0.209. The quantitative estimate of drug-likeness (QED) is 0.932. The molecule has 1 unspecified atom stereocenters. The van der Waals surface area contributed by atoms with Gasteiger partial charge in [0.2, 0.25) is 9.84 Å². The van der Waals surface area contributed by atoms with E-state index in [2.05, 4.69) is 11.6 Å². The normalized spacial score (nSPS) is 13.2. The summed E-state index contributed by atoms with van der Waals surface area (Å²) < 4.78 is 24.4. The first kappa shape index (κ1) is 12.9. The number of aromatic nitrogens is 1. The fourth-order valence-electron chi connectivity index (χ4n) is 1.41. The molecule has 0 bridgehead atoms. The molecule has 1 atom stereocenters. The third kappa shape index (κ3) is 2.35. The zero-order valence-corrected chi connectivity index (χ0v) is 11.0. The van der Waals surface area contributed by atoms with Crippen molar-refractivity contribution in [2.24, 2.45) is 0 Å². The topological polar surface area (TPSA) is 67.3 Å². The second kappa shape index (κ2) is 5.01. The zero-order valence-electron chi connectivity index (χ0n) is 9.35. The summed E-state index contributed by atoms with van der Waals surface area (Å²) in [4.78, 5) is 3.74. The van der Waals surface area contributed by atoms with Crippen molar-refractivity contribution in [3.05, 3.63) is 58.4 Å². The standard InChI is InChI=1S/C12H11NO3S2/c1-9(11(14)12-13-7-8-17-12)18(15,16)10-5-3-2-4-6-10/h2-8,11,14H,1H2. The van der Waals surface area contributed by atoms with Crippen LogP contribution in [0.4, 0.5) is 0 Å². The molecule has 0 aliphatic heterocycles. The van der Waals surface area contributed by atoms with Crippen molar-refractivity contribution < 1.29 is 13.5 Å². The van der Waals surface area contributed by atoms with E-state index < -0.39 is 15.9 Å². The average molecular weight is 281 g/mol. The minimum atomic E-state index is -3.74. The molecule has 0 amide bonds. The van der Waals surface area contributed by atoms with E-state index in [1.807, 2.05) is 0 Å². The Hall–Kier alpha value is -1.50. The van der Waals surface area contributed by atoms with Crippen LogP contribution in [0.25, 0.3) is 0 Å². The minimum Gasteiger partial charge on any atom is -0.380 e. The van der Waals surface area contributed by atoms with E-state index in [9.17, 15) is 13.5 Å². The molecule has 0 spiro atoms. The van der Waals surface area contributed by atoms with Gasteiger partial charge >= 0.3 is 0 Å². The molecule has 94 valence electrons. The van der Waals surface area contributed by atoms with Crippen molar-refractivity contribution in [3.8, 4) is 0 Å². The van der Waals surface area contributed by atoms with Gasteiger partial charge < -0.3 is 5.11 Å². The molecule has 6 heteroatoms. The first-order chi connectivity index (χ1) is 8.53. The van der Waals surface area contributed by atoms with E-state index in [-0.39, 0.29) is 9.80 Å². The molecular weight excluding hydrogens is 270 g/mol. The van der Waals surface area contributed by atoms with Crippen molar-refractivity contribution in [1.82, 2.24) is 4.98 Å². The Labute approximate surface area is 109 Å². The van der Waals surface area contributed by atoms with Crippen LogP contribution in [0.1, 0.15) is 11.1 Å². The first-order valence-corrected chi connectivity index (χ1v) is 7.46. The lowest BCUT2D eigenvalue weighted by atomic mass is 10.4. The van der Waals surface area contributed by atoms with Gasteiger partial charge in [-0.25, -0.2) is 13.4 Å². The summed E-state index contributed by atoms with van der Waals surface area (Å²) in [6, 6.07) is 7.90. The zero-order chi connectivity index (χ0) is 13.2. The van der Waals surface area contributed by atoms with E-state index in [4.69, 9.17) is 0 Å². The molecule has 0 saturated carbocycles. The lowest BCUT2D eigenvalue weighted by Gasteiger charge is -2.12. The monoisotopic (exact) mass is 281 g/mol. The van der Waals surface area contributed by atoms with Crippen LogP contribution >= 0.6 is 11.3 Å². The van der Waals surface area contributed by atoms with Crippen LogP contribution in [0.3, 0.4) is 0 Å². The smallest absolute Gasteiger partial charge is 0.205 e. The van der Waals surface area contributed by atoms with Crippen LogP contribution < -0.4 is 0 Å². The van der Waals surface area contributed by atoms with Crippen molar-refractivity contribution in [1.29, 1.82) is 0 Å². The Morgan fingerprint density at radius 1 is 1.33 bits per heavy atom. The third-order valence-electron chi connectivity index (χ3n) is 2.39. The van der Waals surface area contributed by atoms with Crippen LogP contribution in [-0.2, 0) is 9.84 Å². The van der Waals surface area contributed by atoms with Crippen molar-refractivity contribution in [3.63, 3.8) is 0 Å². The highest BCUT2D eigenvalue weighted by molar-refractivity contribution is 7.95. The summed E-state index contributed by atoms with van der Waals surface area (Å²) in [5.41, 5.74) is 0. The van der Waals surface area contributed by atoms with Gasteiger partial charge in [-0.05, 0) is 12.1 Å². The first-order valence-electron chi connectivity index (χ1n) is 5.10. The number of aliphatic hydroxyl groups is 1. The second-order valence-electron chi connectivity index (χ2n) is 3.56. The molecule has 18 heavy (non-hydrogen) atoms.